The number of carbonyl (C=O) groups excluding carboxylic acids is 1. The van der Waals surface area contributed by atoms with Crippen molar-refractivity contribution in [1.82, 2.24) is 35.1 Å². The van der Waals surface area contributed by atoms with Crippen molar-refractivity contribution in [1.29, 1.82) is 0 Å². The first-order valence-corrected chi connectivity index (χ1v) is 8.31. The van der Waals surface area contributed by atoms with Gasteiger partial charge in [-0.15, -0.1) is 10.2 Å². The third-order valence-corrected chi connectivity index (χ3v) is 4.35. The normalized spacial score (nSPS) is 16.4. The number of tetrazole rings is 1. The van der Waals surface area contributed by atoms with Crippen LogP contribution in [0.25, 0.3) is 11.4 Å². The van der Waals surface area contributed by atoms with E-state index in [0.29, 0.717) is 5.82 Å². The van der Waals surface area contributed by atoms with Crippen molar-refractivity contribution in [3.63, 3.8) is 0 Å². The number of imidazole rings is 1. The van der Waals surface area contributed by atoms with E-state index < -0.39 is 0 Å². The summed E-state index contributed by atoms with van der Waals surface area (Å²) in [6.07, 6.45) is 5.51. The minimum atomic E-state index is -0.110. The Morgan fingerprint density at radius 1 is 1.32 bits per heavy atom. The molecule has 1 aliphatic rings. The first-order chi connectivity index (χ1) is 12.2. The maximum absolute atomic E-state index is 12.3. The molecule has 0 fully saturated rings. The van der Waals surface area contributed by atoms with E-state index >= 15 is 0 Å². The molecular formula is C17H19N7O. The van der Waals surface area contributed by atoms with Crippen LogP contribution in [0.1, 0.15) is 17.8 Å². The van der Waals surface area contributed by atoms with E-state index in [0.717, 1.165) is 30.8 Å². The maximum atomic E-state index is 12.3. The van der Waals surface area contributed by atoms with E-state index in [4.69, 9.17) is 0 Å². The van der Waals surface area contributed by atoms with Gasteiger partial charge in [0.1, 0.15) is 12.4 Å². The zero-order valence-electron chi connectivity index (χ0n) is 14.0. The fourth-order valence-corrected chi connectivity index (χ4v) is 3.01. The van der Waals surface area contributed by atoms with Crippen LogP contribution in [-0.4, -0.2) is 41.7 Å². The zero-order chi connectivity index (χ0) is 17.2. The lowest BCUT2D eigenvalue weighted by Gasteiger charge is -2.24. The summed E-state index contributed by atoms with van der Waals surface area (Å²) in [5.41, 5.74) is 2.06. The first-order valence-electron chi connectivity index (χ1n) is 8.31. The fraction of sp³-hybridized carbons (Fsp3) is 0.353. The van der Waals surface area contributed by atoms with Crippen molar-refractivity contribution in [3.05, 3.63) is 48.0 Å². The van der Waals surface area contributed by atoms with Gasteiger partial charge in [-0.3, -0.25) is 4.79 Å². The van der Waals surface area contributed by atoms with Crippen molar-refractivity contribution in [2.24, 2.45) is 0 Å². The Hall–Kier alpha value is -3.03. The van der Waals surface area contributed by atoms with Crippen molar-refractivity contribution in [2.45, 2.75) is 38.9 Å². The number of fused-ring (bicyclic) bond motifs is 1. The molecule has 0 aliphatic carbocycles. The van der Waals surface area contributed by atoms with Gasteiger partial charge in [0.15, 0.2) is 0 Å². The molecule has 3 heterocycles. The van der Waals surface area contributed by atoms with Crippen LogP contribution in [0.3, 0.4) is 0 Å². The topological polar surface area (TPSA) is 90.5 Å². The smallest absolute Gasteiger partial charge is 0.243 e. The Bertz CT molecular complexity index is 881. The van der Waals surface area contributed by atoms with E-state index in [9.17, 15) is 4.79 Å². The second-order valence-corrected chi connectivity index (χ2v) is 6.31. The molecule has 1 aliphatic heterocycles. The molecule has 128 valence electrons. The van der Waals surface area contributed by atoms with Gasteiger partial charge in [-0.05, 0) is 18.6 Å². The van der Waals surface area contributed by atoms with Gasteiger partial charge >= 0.3 is 0 Å². The van der Waals surface area contributed by atoms with E-state index in [1.165, 1.54) is 10.4 Å². The molecule has 8 nitrogen and oxygen atoms in total. The van der Waals surface area contributed by atoms with Crippen LogP contribution in [-0.2, 0) is 24.3 Å². The van der Waals surface area contributed by atoms with Gasteiger partial charge in [-0.1, -0.05) is 29.8 Å². The fourth-order valence-electron chi connectivity index (χ4n) is 3.01. The van der Waals surface area contributed by atoms with Gasteiger partial charge in [0.2, 0.25) is 11.7 Å². The highest BCUT2D eigenvalue weighted by molar-refractivity contribution is 5.75. The van der Waals surface area contributed by atoms with E-state index in [1.807, 2.05) is 37.4 Å². The second-order valence-electron chi connectivity index (χ2n) is 6.31. The van der Waals surface area contributed by atoms with Gasteiger partial charge in [0.05, 0.1) is 0 Å². The SMILES string of the molecule is Cc1ccc(-c2nnn(CC(=O)NC3CCc4nccn4C3)n2)cc1. The number of aryl methyl sites for hydroxylation is 2. The quantitative estimate of drug-likeness (QED) is 0.766. The van der Waals surface area contributed by atoms with E-state index in [2.05, 4.69) is 30.3 Å². The molecule has 1 aromatic carbocycles. The van der Waals surface area contributed by atoms with Crippen LogP contribution in [0.4, 0.5) is 0 Å². The van der Waals surface area contributed by atoms with Crippen molar-refractivity contribution in [3.8, 4) is 11.4 Å². The first kappa shape index (κ1) is 15.5. The Balaban J connectivity index is 1.36. The summed E-state index contributed by atoms with van der Waals surface area (Å²) in [6, 6.07) is 7.99. The molecule has 1 N–H and O–H groups in total. The lowest BCUT2D eigenvalue weighted by atomic mass is 10.1. The van der Waals surface area contributed by atoms with Crippen LogP contribution < -0.4 is 5.32 Å². The van der Waals surface area contributed by atoms with Crippen LogP contribution in [0.15, 0.2) is 36.7 Å². The average molecular weight is 337 g/mol. The van der Waals surface area contributed by atoms with Crippen molar-refractivity contribution in [2.75, 3.05) is 0 Å². The highest BCUT2D eigenvalue weighted by Crippen LogP contribution is 2.14. The van der Waals surface area contributed by atoms with Gasteiger partial charge in [0.25, 0.3) is 0 Å². The molecule has 0 saturated heterocycles. The Kier molecular flexibility index (Phi) is 4.01. The molecule has 1 unspecified atom stereocenters. The molecule has 3 aromatic rings. The third kappa shape index (κ3) is 3.42. The summed E-state index contributed by atoms with van der Waals surface area (Å²) in [6.45, 7) is 2.84. The predicted molar refractivity (Wildman–Crippen MR) is 90.5 cm³/mol. The zero-order valence-corrected chi connectivity index (χ0v) is 14.0. The molecular weight excluding hydrogens is 318 g/mol. The molecule has 4 rings (SSSR count). The number of amides is 1. The monoisotopic (exact) mass is 337 g/mol. The summed E-state index contributed by atoms with van der Waals surface area (Å²) in [4.78, 5) is 17.9. The molecule has 0 bridgehead atoms. The second kappa shape index (κ2) is 6.46. The number of benzene rings is 1. The highest BCUT2D eigenvalue weighted by Gasteiger charge is 2.20. The Morgan fingerprint density at radius 2 is 2.16 bits per heavy atom. The minimum Gasteiger partial charge on any atom is -0.350 e. The van der Waals surface area contributed by atoms with Crippen molar-refractivity contribution >= 4 is 5.91 Å². The van der Waals surface area contributed by atoms with Gasteiger partial charge in [-0.25, -0.2) is 4.98 Å². The summed E-state index contributed by atoms with van der Waals surface area (Å²) in [7, 11) is 0. The van der Waals surface area contributed by atoms with Crippen LogP contribution in [0.5, 0.6) is 0 Å². The number of hydrogen-bond donors (Lipinski definition) is 1. The van der Waals surface area contributed by atoms with Gasteiger partial charge in [0, 0.05) is 37.0 Å². The predicted octanol–water partition coefficient (Wildman–Crippen LogP) is 0.976. The molecule has 2 aromatic heterocycles. The molecule has 8 heteroatoms. The lowest BCUT2D eigenvalue weighted by molar-refractivity contribution is -0.123. The van der Waals surface area contributed by atoms with Crippen LogP contribution in [0.2, 0.25) is 0 Å². The number of rotatable bonds is 4. The molecule has 0 spiro atoms. The summed E-state index contributed by atoms with van der Waals surface area (Å²) >= 11 is 0. The number of nitrogens with zero attached hydrogens (tertiary/aromatic N) is 6. The minimum absolute atomic E-state index is 0.0617. The standard InChI is InChI=1S/C17H19N7O/c1-12-2-4-13(5-3-12)17-20-22-24(21-17)11-16(25)19-14-6-7-15-18-8-9-23(15)10-14/h2-5,8-9,14H,6-7,10-11H2,1H3,(H,19,25). The van der Waals surface area contributed by atoms with Gasteiger partial charge < -0.3 is 9.88 Å². The molecule has 1 amide bonds. The largest absolute Gasteiger partial charge is 0.350 e. The number of carbonyl (C=O) groups is 1. The average Bonchev–Trinajstić information content (AvgIpc) is 3.24. The third-order valence-electron chi connectivity index (χ3n) is 4.35. The van der Waals surface area contributed by atoms with Crippen LogP contribution >= 0.6 is 0 Å². The van der Waals surface area contributed by atoms with Crippen LogP contribution in [0, 0.1) is 6.92 Å². The number of hydrogen-bond acceptors (Lipinski definition) is 5. The van der Waals surface area contributed by atoms with E-state index in [-0.39, 0.29) is 18.5 Å². The summed E-state index contributed by atoms with van der Waals surface area (Å²) in [5.74, 6) is 1.49. The highest BCUT2D eigenvalue weighted by atomic mass is 16.2. The molecule has 1 atom stereocenters. The van der Waals surface area contributed by atoms with E-state index in [1.54, 1.807) is 6.20 Å². The van der Waals surface area contributed by atoms with Gasteiger partial charge in [-0.2, -0.15) is 4.80 Å². The molecule has 25 heavy (non-hydrogen) atoms. The summed E-state index contributed by atoms with van der Waals surface area (Å²) < 4.78 is 2.08. The molecule has 0 radical (unpaired) electrons. The molecule has 0 saturated carbocycles. The maximum Gasteiger partial charge on any atom is 0.243 e. The lowest BCUT2D eigenvalue weighted by Crippen LogP contribution is -2.42. The number of nitrogens with one attached hydrogen (secondary N) is 1. The number of aromatic nitrogens is 6. The Labute approximate surface area is 144 Å². The Morgan fingerprint density at radius 3 is 3.00 bits per heavy atom. The van der Waals surface area contributed by atoms with Crippen molar-refractivity contribution < 1.29 is 4.79 Å². The summed E-state index contributed by atoms with van der Waals surface area (Å²) in [5, 5.41) is 15.3.